The Labute approximate surface area is 343 Å². The minimum absolute atomic E-state index is 0.00382. The summed E-state index contributed by atoms with van der Waals surface area (Å²) in [6.45, 7) is 13.2. The second-order valence-corrected chi connectivity index (χ2v) is 16.4. The highest BCUT2D eigenvalue weighted by molar-refractivity contribution is 5.95. The summed E-state index contributed by atoms with van der Waals surface area (Å²) >= 11 is 0. The summed E-state index contributed by atoms with van der Waals surface area (Å²) in [5, 5.41) is 1.90. The highest BCUT2D eigenvalue weighted by atomic mass is 19.2. The molecule has 8 rings (SSSR count). The standard InChI is InChI=1S/C24H30F2O2.C24H28F2O2.C2H6/c2*1-3-5-15-6-8-16(9-7-15)21-13-12-19-18-11-10-17(27-4-2)14-20(18)22(25)23(26)24(19)28-21;1-2/h10-11,14-16,21H,3-9,12-13H2,1-2H3;10-16,21H,3-9H2,1-2H3;1-2H3. The molecule has 4 aromatic rings. The van der Waals surface area contributed by atoms with Gasteiger partial charge < -0.3 is 18.9 Å². The van der Waals surface area contributed by atoms with Crippen LogP contribution in [0.1, 0.15) is 136 Å². The summed E-state index contributed by atoms with van der Waals surface area (Å²) in [5.74, 6) is 0.314. The molecule has 4 aromatic carbocycles. The summed E-state index contributed by atoms with van der Waals surface area (Å²) in [6.07, 6.45) is 19.8. The lowest BCUT2D eigenvalue weighted by Crippen LogP contribution is -2.34. The SMILES string of the molecule is CC.CCCC1CCC(C2C=Cc3c(c(F)c(F)c4cc(OCC)ccc34)O2)CC1.CCCC1CCC(C2CCc3c(c(F)c(F)c4cc(OCC)ccc34)O2)CC1. The van der Waals surface area contributed by atoms with Gasteiger partial charge in [-0.3, -0.25) is 0 Å². The maximum Gasteiger partial charge on any atom is 0.201 e. The molecule has 2 fully saturated rings. The van der Waals surface area contributed by atoms with Crippen LogP contribution in [-0.4, -0.2) is 25.4 Å². The number of hydrogen-bond donors (Lipinski definition) is 0. The van der Waals surface area contributed by atoms with Crippen molar-refractivity contribution in [1.82, 2.24) is 0 Å². The number of hydrogen-bond acceptors (Lipinski definition) is 4. The second kappa shape index (κ2) is 20.4. The summed E-state index contributed by atoms with van der Waals surface area (Å²) in [5.41, 5.74) is 1.42. The largest absolute Gasteiger partial charge is 0.494 e. The van der Waals surface area contributed by atoms with Crippen LogP contribution in [0, 0.1) is 46.9 Å². The van der Waals surface area contributed by atoms with Crippen LogP contribution in [0.3, 0.4) is 0 Å². The van der Waals surface area contributed by atoms with Crippen LogP contribution >= 0.6 is 0 Å². The van der Waals surface area contributed by atoms with Gasteiger partial charge in [0.1, 0.15) is 23.7 Å². The van der Waals surface area contributed by atoms with Crippen molar-refractivity contribution in [3.8, 4) is 23.0 Å². The molecule has 2 atom stereocenters. The van der Waals surface area contributed by atoms with Crippen LogP contribution in [0.4, 0.5) is 17.6 Å². The van der Waals surface area contributed by atoms with Crippen molar-refractivity contribution in [3.05, 3.63) is 76.9 Å². The summed E-state index contributed by atoms with van der Waals surface area (Å²) in [6, 6.07) is 10.4. The summed E-state index contributed by atoms with van der Waals surface area (Å²) < 4.78 is 82.4. The van der Waals surface area contributed by atoms with Gasteiger partial charge in [0.25, 0.3) is 0 Å². The van der Waals surface area contributed by atoms with Crippen molar-refractivity contribution in [2.75, 3.05) is 13.2 Å². The molecule has 316 valence electrons. The quantitative estimate of drug-likeness (QED) is 0.150. The molecule has 2 aliphatic heterocycles. The zero-order valence-electron chi connectivity index (χ0n) is 35.5. The van der Waals surface area contributed by atoms with Gasteiger partial charge in [0.15, 0.2) is 23.1 Å². The summed E-state index contributed by atoms with van der Waals surface area (Å²) in [4.78, 5) is 0. The van der Waals surface area contributed by atoms with Gasteiger partial charge in [0.05, 0.1) is 13.2 Å². The van der Waals surface area contributed by atoms with Gasteiger partial charge in [-0.15, -0.1) is 0 Å². The molecule has 4 aliphatic rings. The van der Waals surface area contributed by atoms with Crippen LogP contribution in [0.5, 0.6) is 23.0 Å². The van der Waals surface area contributed by atoms with E-state index >= 15 is 0 Å². The third kappa shape index (κ3) is 9.42. The number of aryl methyl sites for hydroxylation is 1. The first kappa shape index (κ1) is 43.6. The Bertz CT molecular complexity index is 2010. The Balaban J connectivity index is 0.000000188. The Morgan fingerprint density at radius 3 is 1.64 bits per heavy atom. The van der Waals surface area contributed by atoms with Crippen molar-refractivity contribution in [2.45, 2.75) is 144 Å². The normalized spacial score (nSPS) is 23.6. The Morgan fingerprint density at radius 2 is 1.09 bits per heavy atom. The van der Waals surface area contributed by atoms with Gasteiger partial charge in [0, 0.05) is 21.9 Å². The van der Waals surface area contributed by atoms with E-state index in [9.17, 15) is 17.6 Å². The molecular weight excluding hydrogens is 741 g/mol. The Hall–Kier alpha value is -3.94. The fraction of sp³-hybridized carbons (Fsp3) is 0.560. The minimum atomic E-state index is -0.898. The summed E-state index contributed by atoms with van der Waals surface area (Å²) in [7, 11) is 0. The lowest BCUT2D eigenvalue weighted by Gasteiger charge is -2.37. The lowest BCUT2D eigenvalue weighted by atomic mass is 9.76. The molecule has 4 nitrogen and oxygen atoms in total. The van der Waals surface area contributed by atoms with Gasteiger partial charge in [0.2, 0.25) is 11.6 Å². The number of fused-ring (bicyclic) bond motifs is 6. The van der Waals surface area contributed by atoms with Gasteiger partial charge in [-0.05, 0) is 123 Å². The topological polar surface area (TPSA) is 36.9 Å². The van der Waals surface area contributed by atoms with E-state index < -0.39 is 23.3 Å². The van der Waals surface area contributed by atoms with E-state index in [0.29, 0.717) is 47.5 Å². The molecule has 0 saturated heterocycles. The first-order chi connectivity index (χ1) is 28.2. The third-order valence-electron chi connectivity index (χ3n) is 12.8. The van der Waals surface area contributed by atoms with E-state index in [0.717, 1.165) is 61.3 Å². The molecule has 58 heavy (non-hydrogen) atoms. The molecule has 0 N–H and O–H groups in total. The highest BCUT2D eigenvalue weighted by Gasteiger charge is 2.35. The number of ether oxygens (including phenoxy) is 4. The molecule has 0 amide bonds. The van der Waals surface area contributed by atoms with E-state index in [4.69, 9.17) is 18.9 Å². The first-order valence-electron chi connectivity index (χ1n) is 22.4. The fourth-order valence-electron chi connectivity index (χ4n) is 9.92. The zero-order chi connectivity index (χ0) is 41.3. The molecule has 2 saturated carbocycles. The van der Waals surface area contributed by atoms with Gasteiger partial charge in [-0.2, -0.15) is 8.78 Å². The van der Waals surface area contributed by atoms with Crippen LogP contribution < -0.4 is 18.9 Å². The van der Waals surface area contributed by atoms with E-state index in [2.05, 4.69) is 13.8 Å². The number of rotatable bonds is 10. The Morgan fingerprint density at radius 1 is 0.569 bits per heavy atom. The minimum Gasteiger partial charge on any atom is -0.494 e. The molecular formula is C50H64F4O4. The highest BCUT2D eigenvalue weighted by Crippen LogP contribution is 2.45. The van der Waals surface area contributed by atoms with E-state index in [-0.39, 0.29) is 34.5 Å². The van der Waals surface area contributed by atoms with Crippen molar-refractivity contribution in [3.63, 3.8) is 0 Å². The lowest BCUT2D eigenvalue weighted by molar-refractivity contribution is 0.0716. The van der Waals surface area contributed by atoms with Crippen LogP contribution in [0.15, 0.2) is 42.5 Å². The molecule has 0 radical (unpaired) electrons. The average molecular weight is 805 g/mol. The van der Waals surface area contributed by atoms with Crippen molar-refractivity contribution in [1.29, 1.82) is 0 Å². The average Bonchev–Trinajstić information content (AvgIpc) is 3.26. The molecule has 0 aromatic heterocycles. The molecule has 2 aliphatic carbocycles. The number of halogens is 4. The molecule has 2 heterocycles. The van der Waals surface area contributed by atoms with Crippen molar-refractivity contribution < 1.29 is 36.5 Å². The predicted molar refractivity (Wildman–Crippen MR) is 228 cm³/mol. The predicted octanol–water partition coefficient (Wildman–Crippen LogP) is 14.7. The monoisotopic (exact) mass is 804 g/mol. The van der Waals surface area contributed by atoms with Crippen LogP contribution in [0.2, 0.25) is 0 Å². The first-order valence-corrected chi connectivity index (χ1v) is 22.4. The van der Waals surface area contributed by atoms with E-state index in [1.807, 2.05) is 52.0 Å². The smallest absolute Gasteiger partial charge is 0.201 e. The Kier molecular flexibility index (Phi) is 15.3. The van der Waals surface area contributed by atoms with Crippen molar-refractivity contribution >= 4 is 27.6 Å². The van der Waals surface area contributed by atoms with E-state index in [1.54, 1.807) is 24.3 Å². The van der Waals surface area contributed by atoms with Crippen molar-refractivity contribution in [2.24, 2.45) is 23.7 Å². The molecule has 8 heteroatoms. The maximum absolute atomic E-state index is 14.9. The van der Waals surface area contributed by atoms with Gasteiger partial charge >= 0.3 is 0 Å². The fourth-order valence-corrected chi connectivity index (χ4v) is 9.92. The molecule has 0 bridgehead atoms. The molecule has 2 unspecified atom stereocenters. The second-order valence-electron chi connectivity index (χ2n) is 16.4. The van der Waals surface area contributed by atoms with E-state index in [1.165, 1.54) is 51.4 Å². The zero-order valence-corrected chi connectivity index (χ0v) is 35.5. The maximum atomic E-state index is 14.9. The van der Waals surface area contributed by atoms with Crippen LogP contribution in [-0.2, 0) is 6.42 Å². The van der Waals surface area contributed by atoms with Gasteiger partial charge in [-0.1, -0.05) is 91.2 Å². The molecule has 0 spiro atoms. The number of benzene rings is 4. The third-order valence-corrected chi connectivity index (χ3v) is 12.8. The van der Waals surface area contributed by atoms with Gasteiger partial charge in [-0.25, -0.2) is 8.78 Å². The van der Waals surface area contributed by atoms with Crippen LogP contribution in [0.25, 0.3) is 27.6 Å².